The second-order valence-corrected chi connectivity index (χ2v) is 5.27. The average molecular weight is 317 g/mol. The highest BCUT2D eigenvalue weighted by molar-refractivity contribution is 6.30. The molecule has 0 bridgehead atoms. The fourth-order valence-corrected chi connectivity index (χ4v) is 2.61. The normalized spacial score (nSPS) is 10.8. The predicted molar refractivity (Wildman–Crippen MR) is 82.9 cm³/mol. The molecule has 0 N–H and O–H groups in total. The molecule has 0 saturated heterocycles. The van der Waals surface area contributed by atoms with Crippen LogP contribution in [-0.4, -0.2) is 14.5 Å². The lowest BCUT2D eigenvalue weighted by molar-refractivity contribution is 0.966. The fraction of sp³-hybridized carbons (Fsp3) is 0.133. The molecule has 0 radical (unpaired) electrons. The van der Waals surface area contributed by atoms with Gasteiger partial charge in [-0.3, -0.25) is 4.57 Å². The molecule has 3 rings (SSSR count). The van der Waals surface area contributed by atoms with E-state index in [1.807, 2.05) is 13.0 Å². The number of benzene rings is 1. The summed E-state index contributed by atoms with van der Waals surface area (Å²) in [6.07, 6.45) is 1.71. The average Bonchev–Trinajstić information content (AvgIpc) is 2.87. The van der Waals surface area contributed by atoms with Gasteiger partial charge in [-0.1, -0.05) is 11.6 Å². The van der Waals surface area contributed by atoms with Crippen LogP contribution in [-0.2, 0) is 5.88 Å². The summed E-state index contributed by atoms with van der Waals surface area (Å²) in [6.45, 7) is 1.96. The van der Waals surface area contributed by atoms with Crippen molar-refractivity contribution in [1.82, 2.24) is 14.5 Å². The Balaban J connectivity index is 2.43. The largest absolute Gasteiger partial charge is 0.278 e. The van der Waals surface area contributed by atoms with Crippen molar-refractivity contribution in [1.29, 1.82) is 5.26 Å². The number of hydrogen-bond acceptors (Lipinski definition) is 3. The number of nitriles is 1. The Hall–Kier alpha value is -2.09. The Kier molecular flexibility index (Phi) is 3.54. The van der Waals surface area contributed by atoms with Crippen LogP contribution >= 0.6 is 23.2 Å². The molecule has 0 saturated carbocycles. The van der Waals surface area contributed by atoms with Gasteiger partial charge in [0, 0.05) is 11.2 Å². The van der Waals surface area contributed by atoms with Crippen molar-refractivity contribution in [2.45, 2.75) is 12.8 Å². The second kappa shape index (κ2) is 5.36. The maximum atomic E-state index is 9.32. The Bertz CT molecular complexity index is 877. The van der Waals surface area contributed by atoms with Gasteiger partial charge in [-0.2, -0.15) is 5.26 Å². The van der Waals surface area contributed by atoms with Crippen molar-refractivity contribution in [3.8, 4) is 11.8 Å². The van der Waals surface area contributed by atoms with Crippen molar-refractivity contribution in [3.05, 3.63) is 52.4 Å². The highest BCUT2D eigenvalue weighted by atomic mass is 35.5. The zero-order valence-corrected chi connectivity index (χ0v) is 12.7. The van der Waals surface area contributed by atoms with Gasteiger partial charge in [-0.25, -0.2) is 9.97 Å². The van der Waals surface area contributed by atoms with Crippen LogP contribution in [0.4, 0.5) is 0 Å². The molecule has 0 spiro atoms. The number of nitrogens with zero attached hydrogens (tertiary/aromatic N) is 4. The third-order valence-electron chi connectivity index (χ3n) is 3.26. The maximum Gasteiger partial charge on any atom is 0.165 e. The maximum absolute atomic E-state index is 9.32. The number of pyridine rings is 1. The van der Waals surface area contributed by atoms with Crippen LogP contribution < -0.4 is 0 Å². The summed E-state index contributed by atoms with van der Waals surface area (Å²) >= 11 is 12.1. The van der Waals surface area contributed by atoms with Crippen LogP contribution in [0.3, 0.4) is 0 Å². The Morgan fingerprint density at radius 1 is 1.33 bits per heavy atom. The number of imidazole rings is 1. The number of hydrogen-bond donors (Lipinski definition) is 0. The van der Waals surface area contributed by atoms with E-state index in [0.29, 0.717) is 27.7 Å². The van der Waals surface area contributed by atoms with Crippen LogP contribution in [0.1, 0.15) is 17.0 Å². The zero-order chi connectivity index (χ0) is 15.0. The third-order valence-corrected chi connectivity index (χ3v) is 3.73. The van der Waals surface area contributed by atoms with Crippen LogP contribution in [0.2, 0.25) is 5.02 Å². The molecular formula is C15H10Cl2N4. The predicted octanol–water partition coefficient (Wildman–Crippen LogP) is 3.99. The molecule has 21 heavy (non-hydrogen) atoms. The Morgan fingerprint density at radius 3 is 2.86 bits per heavy atom. The van der Waals surface area contributed by atoms with Crippen LogP contribution in [0, 0.1) is 18.3 Å². The van der Waals surface area contributed by atoms with Gasteiger partial charge < -0.3 is 0 Å². The molecule has 2 heterocycles. The molecule has 0 aliphatic carbocycles. The van der Waals surface area contributed by atoms with Crippen molar-refractivity contribution in [2.24, 2.45) is 0 Å². The molecule has 4 nitrogen and oxygen atoms in total. The van der Waals surface area contributed by atoms with E-state index in [2.05, 4.69) is 16.0 Å². The monoisotopic (exact) mass is 316 g/mol. The molecule has 104 valence electrons. The van der Waals surface area contributed by atoms with E-state index >= 15 is 0 Å². The first-order valence-corrected chi connectivity index (χ1v) is 7.16. The van der Waals surface area contributed by atoms with Gasteiger partial charge in [0.05, 0.1) is 17.1 Å². The molecule has 1 aromatic carbocycles. The van der Waals surface area contributed by atoms with Crippen molar-refractivity contribution in [2.75, 3.05) is 0 Å². The molecular weight excluding hydrogens is 307 g/mol. The first kappa shape index (κ1) is 13.9. The van der Waals surface area contributed by atoms with E-state index in [1.165, 1.54) is 0 Å². The number of alkyl halides is 1. The van der Waals surface area contributed by atoms with Gasteiger partial charge in [0.15, 0.2) is 5.65 Å². The van der Waals surface area contributed by atoms with E-state index < -0.39 is 0 Å². The Labute approximate surface area is 131 Å². The summed E-state index contributed by atoms with van der Waals surface area (Å²) < 4.78 is 1.79. The number of fused-ring (bicyclic) bond motifs is 1. The lowest BCUT2D eigenvalue weighted by Gasteiger charge is -2.09. The highest BCUT2D eigenvalue weighted by Crippen LogP contribution is 2.27. The van der Waals surface area contributed by atoms with E-state index in [0.717, 1.165) is 11.1 Å². The summed E-state index contributed by atoms with van der Waals surface area (Å²) in [4.78, 5) is 8.91. The fourth-order valence-electron chi connectivity index (χ4n) is 2.27. The van der Waals surface area contributed by atoms with Crippen LogP contribution in [0.5, 0.6) is 0 Å². The summed E-state index contributed by atoms with van der Waals surface area (Å²) in [5.41, 5.74) is 3.58. The standard InChI is InChI=1S/C15H10Cl2N4/c1-9-4-5-19-15-14(9)20-13(7-16)21(15)12-6-11(17)3-2-10(12)8-18/h2-6H,7H2,1H3. The van der Waals surface area contributed by atoms with Gasteiger partial charge in [0.2, 0.25) is 0 Å². The van der Waals surface area contributed by atoms with Crippen molar-refractivity contribution in [3.63, 3.8) is 0 Å². The number of aryl methyl sites for hydroxylation is 1. The van der Waals surface area contributed by atoms with Gasteiger partial charge in [0.25, 0.3) is 0 Å². The first-order chi connectivity index (χ1) is 10.2. The van der Waals surface area contributed by atoms with Crippen LogP contribution in [0.15, 0.2) is 30.5 Å². The van der Waals surface area contributed by atoms with Crippen LogP contribution in [0.25, 0.3) is 16.9 Å². The SMILES string of the molecule is Cc1ccnc2c1nc(CCl)n2-c1cc(Cl)ccc1C#N. The quantitative estimate of drug-likeness (QED) is 0.672. The Morgan fingerprint density at radius 2 is 2.14 bits per heavy atom. The lowest BCUT2D eigenvalue weighted by Crippen LogP contribution is -2.03. The highest BCUT2D eigenvalue weighted by Gasteiger charge is 2.17. The minimum absolute atomic E-state index is 0.215. The lowest BCUT2D eigenvalue weighted by atomic mass is 10.2. The van der Waals surface area contributed by atoms with E-state index in [-0.39, 0.29) is 5.88 Å². The van der Waals surface area contributed by atoms with E-state index in [1.54, 1.807) is 29.0 Å². The van der Waals surface area contributed by atoms with E-state index in [4.69, 9.17) is 23.2 Å². The number of halogens is 2. The molecule has 0 aliphatic heterocycles. The molecule has 0 unspecified atom stereocenters. The molecule has 0 fully saturated rings. The summed E-state index contributed by atoms with van der Waals surface area (Å²) in [5, 5.41) is 9.86. The molecule has 3 aromatic rings. The topological polar surface area (TPSA) is 54.5 Å². The van der Waals surface area contributed by atoms with E-state index in [9.17, 15) is 5.26 Å². The smallest absolute Gasteiger partial charge is 0.165 e. The molecule has 6 heteroatoms. The molecule has 0 aliphatic rings. The van der Waals surface area contributed by atoms with Crippen molar-refractivity contribution >= 4 is 34.4 Å². The second-order valence-electron chi connectivity index (χ2n) is 4.57. The van der Waals surface area contributed by atoms with Gasteiger partial charge in [-0.05, 0) is 36.8 Å². The van der Waals surface area contributed by atoms with Gasteiger partial charge in [0.1, 0.15) is 17.4 Å². The number of rotatable bonds is 2. The molecule has 2 aromatic heterocycles. The third kappa shape index (κ3) is 2.25. The minimum atomic E-state index is 0.215. The minimum Gasteiger partial charge on any atom is -0.278 e. The van der Waals surface area contributed by atoms with Gasteiger partial charge in [-0.15, -0.1) is 11.6 Å². The van der Waals surface area contributed by atoms with Gasteiger partial charge >= 0.3 is 0 Å². The first-order valence-electron chi connectivity index (χ1n) is 6.24. The molecule has 0 amide bonds. The summed E-state index contributed by atoms with van der Waals surface area (Å²) in [6, 6.07) is 9.14. The zero-order valence-electron chi connectivity index (χ0n) is 11.1. The van der Waals surface area contributed by atoms with Crippen molar-refractivity contribution < 1.29 is 0 Å². The summed E-state index contributed by atoms with van der Waals surface area (Å²) in [7, 11) is 0. The number of aromatic nitrogens is 3. The summed E-state index contributed by atoms with van der Waals surface area (Å²) in [5.74, 6) is 0.847. The molecule has 0 atom stereocenters.